The number of nitrogens with zero attached hydrogens (tertiary/aromatic N) is 1. The Balaban J connectivity index is 2.14. The van der Waals surface area contributed by atoms with Crippen molar-refractivity contribution in [2.45, 2.75) is 33.3 Å². The van der Waals surface area contributed by atoms with Gasteiger partial charge in [-0.05, 0) is 44.2 Å². The van der Waals surface area contributed by atoms with E-state index in [2.05, 4.69) is 0 Å². The fraction of sp³-hybridized carbons (Fsp3) is 0.389. The summed E-state index contributed by atoms with van der Waals surface area (Å²) in [6.45, 7) is 5.63. The van der Waals surface area contributed by atoms with Gasteiger partial charge in [-0.2, -0.15) is 0 Å². The standard InChI is InChI=1S/C18H21NO5S/c1-4-12(3)24-16(20)11-19-17(21)15(25-18(19)22)10-13-8-6-7-9-14(13)23-5-2/h6-10,12H,4-5,11H2,1-3H3/b15-10+/t12-/m0/s1. The van der Waals surface area contributed by atoms with Crippen LogP contribution in [0.25, 0.3) is 6.08 Å². The first kappa shape index (κ1) is 19.1. The molecule has 25 heavy (non-hydrogen) atoms. The van der Waals surface area contributed by atoms with Gasteiger partial charge in [-0.25, -0.2) is 0 Å². The molecule has 0 spiro atoms. The van der Waals surface area contributed by atoms with Crippen molar-refractivity contribution < 1.29 is 23.9 Å². The lowest BCUT2D eigenvalue weighted by atomic mass is 10.2. The normalized spacial score (nSPS) is 17.1. The van der Waals surface area contributed by atoms with Gasteiger partial charge >= 0.3 is 5.97 Å². The Morgan fingerprint density at radius 3 is 2.68 bits per heavy atom. The van der Waals surface area contributed by atoms with Gasteiger partial charge in [-0.1, -0.05) is 25.1 Å². The summed E-state index contributed by atoms with van der Waals surface area (Å²) in [5, 5.41) is -0.480. The van der Waals surface area contributed by atoms with Crippen molar-refractivity contribution in [3.8, 4) is 5.75 Å². The molecule has 1 aliphatic rings. The molecule has 1 atom stereocenters. The molecule has 6 nitrogen and oxygen atoms in total. The van der Waals surface area contributed by atoms with Crippen molar-refractivity contribution in [2.24, 2.45) is 0 Å². The van der Waals surface area contributed by atoms with E-state index in [1.165, 1.54) is 0 Å². The summed E-state index contributed by atoms with van der Waals surface area (Å²) < 4.78 is 10.6. The lowest BCUT2D eigenvalue weighted by Crippen LogP contribution is -2.35. The van der Waals surface area contributed by atoms with E-state index in [1.807, 2.05) is 26.0 Å². The third-order valence-electron chi connectivity index (χ3n) is 3.57. The number of ether oxygens (including phenoxy) is 2. The number of imide groups is 1. The summed E-state index contributed by atoms with van der Waals surface area (Å²) >= 11 is 0.805. The van der Waals surface area contributed by atoms with Crippen molar-refractivity contribution in [3.05, 3.63) is 34.7 Å². The van der Waals surface area contributed by atoms with E-state index in [-0.39, 0.29) is 17.6 Å². The van der Waals surface area contributed by atoms with E-state index in [4.69, 9.17) is 9.47 Å². The zero-order valence-corrected chi connectivity index (χ0v) is 15.3. The number of carbonyl (C=O) groups is 3. The largest absolute Gasteiger partial charge is 0.493 e. The SMILES string of the molecule is CCOc1ccccc1/C=C1/SC(=O)N(CC(=O)O[C@@H](C)CC)C1=O. The van der Waals surface area contributed by atoms with E-state index < -0.39 is 17.1 Å². The van der Waals surface area contributed by atoms with Crippen LogP contribution in [0.2, 0.25) is 0 Å². The summed E-state index contributed by atoms with van der Waals surface area (Å²) in [5.41, 5.74) is 0.706. The first-order valence-corrected chi connectivity index (χ1v) is 8.94. The van der Waals surface area contributed by atoms with Gasteiger partial charge in [0.15, 0.2) is 0 Å². The molecule has 2 amide bonds. The molecule has 0 radical (unpaired) electrons. The maximum atomic E-state index is 12.4. The zero-order valence-electron chi connectivity index (χ0n) is 14.5. The number of rotatable bonds is 7. The predicted octanol–water partition coefficient (Wildman–Crippen LogP) is 3.46. The number of para-hydroxylation sites is 1. The van der Waals surface area contributed by atoms with E-state index in [9.17, 15) is 14.4 Å². The Morgan fingerprint density at radius 1 is 1.28 bits per heavy atom. The van der Waals surface area contributed by atoms with Crippen LogP contribution in [0.4, 0.5) is 4.79 Å². The molecule has 0 unspecified atom stereocenters. The van der Waals surface area contributed by atoms with E-state index >= 15 is 0 Å². The van der Waals surface area contributed by atoms with Crippen LogP contribution in [0.5, 0.6) is 5.75 Å². The number of carbonyl (C=O) groups excluding carboxylic acids is 3. The third kappa shape index (κ3) is 4.85. The minimum atomic E-state index is -0.590. The number of esters is 1. The van der Waals surface area contributed by atoms with Gasteiger partial charge in [0.05, 0.1) is 17.6 Å². The molecule has 1 saturated heterocycles. The summed E-state index contributed by atoms with van der Waals surface area (Å²) in [6.07, 6.45) is 2.03. The van der Waals surface area contributed by atoms with Crippen LogP contribution >= 0.6 is 11.8 Å². The smallest absolute Gasteiger partial charge is 0.326 e. The molecule has 7 heteroatoms. The molecule has 1 fully saturated rings. The molecular formula is C18H21NO5S. The van der Waals surface area contributed by atoms with Crippen LogP contribution < -0.4 is 4.74 Å². The van der Waals surface area contributed by atoms with Gasteiger partial charge in [-0.15, -0.1) is 0 Å². The Bertz CT molecular complexity index is 700. The van der Waals surface area contributed by atoms with Crippen LogP contribution in [0, 0.1) is 0 Å². The molecule has 0 aliphatic carbocycles. The molecule has 134 valence electrons. The first-order chi connectivity index (χ1) is 12.0. The summed E-state index contributed by atoms with van der Waals surface area (Å²) in [4.78, 5) is 37.5. The lowest BCUT2D eigenvalue weighted by molar-refractivity contribution is -0.150. The first-order valence-electron chi connectivity index (χ1n) is 8.12. The molecule has 1 aromatic rings. The Morgan fingerprint density at radius 2 is 2.00 bits per heavy atom. The second-order valence-corrected chi connectivity index (χ2v) is 6.44. The topological polar surface area (TPSA) is 72.9 Å². The predicted molar refractivity (Wildman–Crippen MR) is 96.1 cm³/mol. The van der Waals surface area contributed by atoms with E-state index in [1.54, 1.807) is 25.1 Å². The van der Waals surface area contributed by atoms with Crippen LogP contribution in [0.1, 0.15) is 32.8 Å². The third-order valence-corrected chi connectivity index (χ3v) is 4.48. The van der Waals surface area contributed by atoms with Crippen LogP contribution in [0.3, 0.4) is 0 Å². The molecule has 0 N–H and O–H groups in total. The Hall–Kier alpha value is -2.28. The number of hydrogen-bond donors (Lipinski definition) is 0. The molecule has 0 aromatic heterocycles. The second-order valence-electron chi connectivity index (χ2n) is 5.45. The molecule has 0 bridgehead atoms. The average Bonchev–Trinajstić information content (AvgIpc) is 2.84. The number of hydrogen-bond acceptors (Lipinski definition) is 6. The highest BCUT2D eigenvalue weighted by Crippen LogP contribution is 2.33. The van der Waals surface area contributed by atoms with Gasteiger partial charge in [0.25, 0.3) is 11.1 Å². The van der Waals surface area contributed by atoms with Gasteiger partial charge in [-0.3, -0.25) is 19.3 Å². The fourth-order valence-corrected chi connectivity index (χ4v) is 2.97. The highest BCUT2D eigenvalue weighted by molar-refractivity contribution is 8.18. The Kier molecular flexibility index (Phi) is 6.64. The van der Waals surface area contributed by atoms with E-state index in [0.29, 0.717) is 24.3 Å². The minimum absolute atomic E-state index is 0.249. The highest BCUT2D eigenvalue weighted by Gasteiger charge is 2.37. The number of thioether (sulfide) groups is 1. The van der Waals surface area contributed by atoms with Crippen LogP contribution in [0.15, 0.2) is 29.2 Å². The second kappa shape index (κ2) is 8.71. The van der Waals surface area contributed by atoms with Gasteiger partial charge in [0.1, 0.15) is 12.3 Å². The lowest BCUT2D eigenvalue weighted by Gasteiger charge is -2.14. The Labute approximate surface area is 151 Å². The molecular weight excluding hydrogens is 342 g/mol. The maximum Gasteiger partial charge on any atom is 0.326 e. The molecule has 1 aliphatic heterocycles. The molecule has 1 heterocycles. The fourth-order valence-electron chi connectivity index (χ4n) is 2.14. The van der Waals surface area contributed by atoms with E-state index in [0.717, 1.165) is 16.7 Å². The zero-order chi connectivity index (χ0) is 18.4. The average molecular weight is 363 g/mol. The quantitative estimate of drug-likeness (QED) is 0.546. The summed E-state index contributed by atoms with van der Waals surface area (Å²) in [5.74, 6) is -0.456. The van der Waals surface area contributed by atoms with Gasteiger partial charge < -0.3 is 9.47 Å². The number of benzene rings is 1. The van der Waals surface area contributed by atoms with Gasteiger partial charge in [0.2, 0.25) is 0 Å². The van der Waals surface area contributed by atoms with Crippen LogP contribution in [-0.2, 0) is 14.3 Å². The highest BCUT2D eigenvalue weighted by atomic mass is 32.2. The summed E-state index contributed by atoms with van der Waals surface area (Å²) in [7, 11) is 0. The minimum Gasteiger partial charge on any atom is -0.493 e. The monoisotopic (exact) mass is 363 g/mol. The van der Waals surface area contributed by atoms with Gasteiger partial charge in [0, 0.05) is 5.56 Å². The van der Waals surface area contributed by atoms with Crippen LogP contribution in [-0.4, -0.2) is 41.3 Å². The summed E-state index contributed by atoms with van der Waals surface area (Å²) in [6, 6.07) is 7.25. The van der Waals surface area contributed by atoms with Crippen molar-refractivity contribution in [1.82, 2.24) is 4.90 Å². The van der Waals surface area contributed by atoms with Crippen molar-refractivity contribution in [1.29, 1.82) is 0 Å². The molecule has 2 rings (SSSR count). The maximum absolute atomic E-state index is 12.4. The molecule has 0 saturated carbocycles. The molecule has 1 aromatic carbocycles. The number of amides is 2. The van der Waals surface area contributed by atoms with Crippen molar-refractivity contribution in [3.63, 3.8) is 0 Å². The van der Waals surface area contributed by atoms with Crippen molar-refractivity contribution >= 4 is 35.0 Å². The van der Waals surface area contributed by atoms with Crippen molar-refractivity contribution in [2.75, 3.05) is 13.2 Å².